The van der Waals surface area contributed by atoms with Crippen molar-refractivity contribution in [2.75, 3.05) is 106 Å². The van der Waals surface area contributed by atoms with Crippen LogP contribution in [0.3, 0.4) is 0 Å². The van der Waals surface area contributed by atoms with Gasteiger partial charge in [-0.25, -0.2) is 10.1 Å². The van der Waals surface area contributed by atoms with Gasteiger partial charge in [0.2, 0.25) is 0 Å². The second kappa shape index (κ2) is 35.3. The van der Waals surface area contributed by atoms with Gasteiger partial charge in [-0.05, 0) is 43.5 Å². The lowest BCUT2D eigenvalue weighted by molar-refractivity contribution is -0.158. The molecule has 65 heavy (non-hydrogen) atoms. The van der Waals surface area contributed by atoms with Crippen molar-refractivity contribution < 1.29 is 87.5 Å². The average Bonchev–Trinajstić information content (AvgIpc) is 3.72. The van der Waals surface area contributed by atoms with E-state index in [9.17, 15) is 35.9 Å². The Kier molecular flexibility index (Phi) is 31.6. The summed E-state index contributed by atoms with van der Waals surface area (Å²) in [5, 5.41) is 68.3. The Labute approximate surface area is 389 Å². The Balaban J connectivity index is 1.61. The third-order valence-corrected chi connectivity index (χ3v) is 11.0. The maximum atomic E-state index is 9.99. The third-order valence-electron chi connectivity index (χ3n) is 8.42. The molecule has 1 heterocycles. The quantitative estimate of drug-likeness (QED) is 0.0181. The highest BCUT2D eigenvalue weighted by Gasteiger charge is 2.30. The Hall–Kier alpha value is -2.92. The molecule has 1 aliphatic heterocycles. The van der Waals surface area contributed by atoms with Gasteiger partial charge in [-0.1, -0.05) is 36.7 Å². The largest absolute Gasteiger partial charge is 0.490 e. The van der Waals surface area contributed by atoms with Gasteiger partial charge >= 0.3 is 0 Å². The second-order valence-electron chi connectivity index (χ2n) is 14.0. The van der Waals surface area contributed by atoms with Crippen LogP contribution in [0.5, 0.6) is 11.5 Å². The summed E-state index contributed by atoms with van der Waals surface area (Å²) in [4.78, 5) is 4.84. The molecule has 0 saturated heterocycles. The molecule has 0 aromatic heterocycles. The van der Waals surface area contributed by atoms with Gasteiger partial charge in [-0.15, -0.1) is 0 Å². The minimum Gasteiger partial charge on any atom is -0.490 e. The number of hydrogen-bond donors (Lipinski definition) is 6. The number of aliphatic hydroxyl groups excluding tert-OH is 6. The van der Waals surface area contributed by atoms with Crippen molar-refractivity contribution in [3.63, 3.8) is 0 Å². The van der Waals surface area contributed by atoms with Crippen molar-refractivity contribution in [3.05, 3.63) is 57.3 Å². The number of nitrogens with zero attached hydrogens (tertiary/aromatic N) is 2. The van der Waals surface area contributed by atoms with Crippen LogP contribution in [-0.4, -0.2) is 174 Å². The molecule has 1 aromatic carbocycles. The first kappa shape index (κ1) is 58.2. The van der Waals surface area contributed by atoms with E-state index in [0.29, 0.717) is 40.1 Å². The lowest BCUT2D eigenvalue weighted by Crippen LogP contribution is -2.22. The molecule has 0 radical (unpaired) electrons. The van der Waals surface area contributed by atoms with E-state index in [-0.39, 0.29) is 124 Å². The molecule has 2 rings (SSSR count). The van der Waals surface area contributed by atoms with Gasteiger partial charge in [0.15, 0.2) is 37.7 Å². The van der Waals surface area contributed by atoms with Gasteiger partial charge in [0.1, 0.15) is 24.7 Å². The van der Waals surface area contributed by atoms with Gasteiger partial charge in [0.05, 0.1) is 119 Å². The van der Waals surface area contributed by atoms with Gasteiger partial charge in [0.25, 0.3) is 5.70 Å². The van der Waals surface area contributed by atoms with Crippen LogP contribution >= 0.6 is 23.5 Å². The van der Waals surface area contributed by atoms with Crippen LogP contribution in [0, 0.1) is 24.8 Å². The zero-order chi connectivity index (χ0) is 47.8. The summed E-state index contributed by atoms with van der Waals surface area (Å²) in [7, 11) is 0. The third kappa shape index (κ3) is 25.7. The number of nitriles is 1. The fourth-order valence-corrected chi connectivity index (χ4v) is 7.61. The summed E-state index contributed by atoms with van der Waals surface area (Å²) in [5.74, 6) is 1.16. The van der Waals surface area contributed by atoms with Crippen LogP contribution in [0.2, 0.25) is 0 Å². The number of aryl methyl sites for hydroxylation is 1. The fraction of sp³-hybridized carbons (Fsp3) is 0.674. The number of allylic oxidation sites excluding steroid dienone is 1. The molecule has 6 N–H and O–H groups in total. The summed E-state index contributed by atoms with van der Waals surface area (Å²) < 4.78 is 66.1. The van der Waals surface area contributed by atoms with Crippen LogP contribution < -0.4 is 9.47 Å². The highest BCUT2D eigenvalue weighted by Crippen LogP contribution is 2.59. The molecule has 0 amide bonds. The van der Waals surface area contributed by atoms with E-state index in [1.165, 1.54) is 23.5 Å². The Bertz CT molecular complexity index is 1630. The predicted molar refractivity (Wildman–Crippen MR) is 236 cm³/mol. The van der Waals surface area contributed by atoms with Crippen LogP contribution in [-0.2, 0) is 47.4 Å². The van der Waals surface area contributed by atoms with E-state index < -0.39 is 37.7 Å². The molecular weight excluding hydrogens is 897 g/mol. The molecule has 368 valence electrons. The molecule has 1 aliphatic rings. The number of ether oxygens (including phenoxy) is 12. The summed E-state index contributed by atoms with van der Waals surface area (Å²) in [6, 6.07) is 3.79. The van der Waals surface area contributed by atoms with Gasteiger partial charge in [-0.2, -0.15) is 0 Å². The lowest BCUT2D eigenvalue weighted by atomic mass is 10.2. The number of hydrogen-bond acceptors (Lipinski definition) is 21. The van der Waals surface area contributed by atoms with E-state index in [1.807, 2.05) is 19.1 Å². The van der Waals surface area contributed by atoms with Crippen LogP contribution in [0.25, 0.3) is 4.85 Å². The van der Waals surface area contributed by atoms with Crippen LogP contribution in [0.15, 0.2) is 50.1 Å². The SMILES string of the molecule is [C-]#[N+]/C(C#N)=C1\Sc2c(OCCOCCOCCOC(O)CCC(O)OCCOC(O)C(=C)C)cc(C)c(OCCOCCOCCOC(O)CCC(O)OCCOC(O)C(=C)C)c2S1. The Morgan fingerprint density at radius 1 is 0.585 bits per heavy atom. The Morgan fingerprint density at radius 3 is 1.34 bits per heavy atom. The van der Waals surface area contributed by atoms with Gasteiger partial charge < -0.3 is 87.5 Å². The molecule has 6 unspecified atom stereocenters. The first-order valence-electron chi connectivity index (χ1n) is 21.0. The van der Waals surface area contributed by atoms with Gasteiger partial charge in [-0.3, -0.25) is 0 Å². The number of aliphatic hydroxyl groups is 6. The fourth-order valence-electron chi connectivity index (χ4n) is 5.04. The molecule has 6 atom stereocenters. The Morgan fingerprint density at radius 2 is 0.938 bits per heavy atom. The van der Waals surface area contributed by atoms with Crippen LogP contribution in [0.1, 0.15) is 45.1 Å². The lowest BCUT2D eigenvalue weighted by Gasteiger charge is -2.17. The number of fused-ring (bicyclic) bond motifs is 1. The topological polar surface area (TPSA) is 260 Å². The number of benzene rings is 1. The van der Waals surface area contributed by atoms with Crippen molar-refractivity contribution in [1.82, 2.24) is 0 Å². The average molecular weight is 963 g/mol. The minimum absolute atomic E-state index is 0.0244. The van der Waals surface area contributed by atoms with E-state index >= 15 is 0 Å². The summed E-state index contributed by atoms with van der Waals surface area (Å²) in [6.45, 7) is 22.8. The van der Waals surface area contributed by atoms with E-state index in [0.717, 1.165) is 15.4 Å². The zero-order valence-corrected chi connectivity index (χ0v) is 39.0. The molecule has 22 heteroatoms. The second-order valence-corrected chi connectivity index (χ2v) is 16.3. The first-order chi connectivity index (χ1) is 31.3. The molecule has 1 aromatic rings. The molecule has 0 aliphatic carbocycles. The molecule has 0 spiro atoms. The van der Waals surface area contributed by atoms with Crippen LogP contribution in [0.4, 0.5) is 0 Å². The van der Waals surface area contributed by atoms with E-state index in [2.05, 4.69) is 18.0 Å². The molecular formula is C43H66N2O18S2. The summed E-state index contributed by atoms with van der Waals surface area (Å²) >= 11 is 2.56. The first-order valence-corrected chi connectivity index (χ1v) is 22.6. The monoisotopic (exact) mass is 962 g/mol. The van der Waals surface area contributed by atoms with Crippen molar-refractivity contribution in [2.24, 2.45) is 0 Å². The van der Waals surface area contributed by atoms with Crippen molar-refractivity contribution in [3.8, 4) is 17.6 Å². The maximum absolute atomic E-state index is 9.99. The minimum atomic E-state index is -1.12. The molecule has 0 bridgehead atoms. The highest BCUT2D eigenvalue weighted by molar-refractivity contribution is 8.24. The maximum Gasteiger partial charge on any atom is 0.282 e. The van der Waals surface area contributed by atoms with Crippen molar-refractivity contribution >= 4 is 23.5 Å². The van der Waals surface area contributed by atoms with E-state index in [1.54, 1.807) is 13.8 Å². The summed E-state index contributed by atoms with van der Waals surface area (Å²) in [5.41, 5.74) is 1.69. The predicted octanol–water partition coefficient (Wildman–Crippen LogP) is 3.35. The molecule has 20 nitrogen and oxygen atoms in total. The highest BCUT2D eigenvalue weighted by atomic mass is 32.2. The van der Waals surface area contributed by atoms with Crippen molar-refractivity contribution in [1.29, 1.82) is 5.26 Å². The molecule has 0 fully saturated rings. The standard InChI is InChI=1S/C43H66N2O18S2/c1-29(2)41(50)62-25-23-59-36(48)9-7-34(46)57-20-16-53-12-11-52-15-19-56-33-27-31(5)38(40-39(33)64-43(65-40)32(28-44)45-6)61-22-18-55-14-13-54-17-21-58-35(47)8-10-37(49)60-24-26-63-42(51)30(3)4/h27,34-37,41-42,46-51H,1,3,7-26H2,2,4-5H3/b43-32+. The van der Waals surface area contributed by atoms with E-state index in [4.69, 9.17) is 63.4 Å². The van der Waals surface area contributed by atoms with Crippen molar-refractivity contribution in [2.45, 2.75) is 94.0 Å². The zero-order valence-electron chi connectivity index (χ0n) is 37.4. The normalized spacial score (nSPS) is 15.9. The summed E-state index contributed by atoms with van der Waals surface area (Å²) in [6.07, 6.45) is -6.07. The molecule has 0 saturated carbocycles. The van der Waals surface area contributed by atoms with Gasteiger partial charge in [0, 0.05) is 25.7 Å². The smallest absolute Gasteiger partial charge is 0.282 e. The number of thioether (sulfide) groups is 2. The number of rotatable bonds is 40.